The van der Waals surface area contributed by atoms with Crippen LogP contribution in [0.3, 0.4) is 0 Å². The van der Waals surface area contributed by atoms with Gasteiger partial charge in [0.1, 0.15) is 0 Å². The maximum atomic E-state index is 11.3. The molecule has 0 radical (unpaired) electrons. The van der Waals surface area contributed by atoms with Crippen molar-refractivity contribution in [3.05, 3.63) is 0 Å². The van der Waals surface area contributed by atoms with Crippen molar-refractivity contribution >= 4 is 17.7 Å². The van der Waals surface area contributed by atoms with Gasteiger partial charge in [0.2, 0.25) is 5.91 Å². The van der Waals surface area contributed by atoms with Crippen molar-refractivity contribution < 1.29 is 4.79 Å². The van der Waals surface area contributed by atoms with Gasteiger partial charge in [-0.05, 0) is 0 Å². The summed E-state index contributed by atoms with van der Waals surface area (Å²) < 4.78 is 0. The zero-order chi connectivity index (χ0) is 8.43. The molecule has 0 bridgehead atoms. The molecular weight excluding hydrogens is 160 g/mol. The first kappa shape index (κ1) is 8.87. The molecule has 1 aliphatic heterocycles. The Labute approximate surface area is 71.3 Å². The Hall–Kier alpha value is -0.220. The molecule has 1 amide bonds. The number of likely N-dealkylation sites (N-methyl/N-ethyl adjacent to an activating group) is 1. The van der Waals surface area contributed by atoms with Gasteiger partial charge in [0.15, 0.2) is 0 Å². The number of rotatable bonds is 0. The second-order valence-corrected chi connectivity index (χ2v) is 4.44. The lowest BCUT2D eigenvalue weighted by Gasteiger charge is -2.17. The first-order valence-corrected chi connectivity index (χ1v) is 4.78. The lowest BCUT2D eigenvalue weighted by Crippen LogP contribution is -2.42. The van der Waals surface area contributed by atoms with Crippen LogP contribution in [0.1, 0.15) is 6.92 Å². The molecule has 0 aromatic carbocycles. The Morgan fingerprint density at radius 1 is 1.73 bits per heavy atom. The summed E-state index contributed by atoms with van der Waals surface area (Å²) in [5.74, 6) is 0.825. The van der Waals surface area contributed by atoms with E-state index >= 15 is 0 Å². The molecule has 1 aliphatic rings. The first-order chi connectivity index (χ1) is 5.11. The summed E-state index contributed by atoms with van der Waals surface area (Å²) in [4.78, 5) is 13.0. The third-order valence-electron chi connectivity index (χ3n) is 1.78. The number of amides is 1. The third-order valence-corrected chi connectivity index (χ3v) is 3.05. The highest BCUT2D eigenvalue weighted by Crippen LogP contribution is 2.16. The highest BCUT2D eigenvalue weighted by atomic mass is 32.2. The van der Waals surface area contributed by atoms with Crippen LogP contribution in [-0.4, -0.2) is 41.4 Å². The fourth-order valence-electron chi connectivity index (χ4n) is 1.15. The van der Waals surface area contributed by atoms with Gasteiger partial charge in [-0.2, -0.15) is 11.8 Å². The van der Waals surface area contributed by atoms with E-state index in [9.17, 15) is 4.79 Å². The monoisotopic (exact) mass is 174 g/mol. The quantitative estimate of drug-likeness (QED) is 0.558. The van der Waals surface area contributed by atoms with E-state index in [-0.39, 0.29) is 11.9 Å². The highest BCUT2D eigenvalue weighted by Gasteiger charge is 2.24. The van der Waals surface area contributed by atoms with E-state index in [2.05, 4.69) is 6.92 Å². The van der Waals surface area contributed by atoms with E-state index in [1.54, 1.807) is 16.7 Å². The van der Waals surface area contributed by atoms with Crippen molar-refractivity contribution in [2.45, 2.75) is 18.2 Å². The van der Waals surface area contributed by atoms with E-state index in [1.807, 2.05) is 7.05 Å². The molecule has 0 saturated carbocycles. The fraction of sp³-hybridized carbons (Fsp3) is 0.857. The minimum absolute atomic E-state index is 0.0712. The molecule has 0 aromatic rings. The lowest BCUT2D eigenvalue weighted by molar-refractivity contribution is -0.130. The number of nitrogens with zero attached hydrogens (tertiary/aromatic N) is 1. The van der Waals surface area contributed by atoms with E-state index in [4.69, 9.17) is 5.73 Å². The van der Waals surface area contributed by atoms with Crippen molar-refractivity contribution in [2.24, 2.45) is 5.73 Å². The van der Waals surface area contributed by atoms with Gasteiger partial charge in [-0.1, -0.05) is 6.92 Å². The second-order valence-electron chi connectivity index (χ2n) is 2.97. The largest absolute Gasteiger partial charge is 0.343 e. The van der Waals surface area contributed by atoms with Gasteiger partial charge < -0.3 is 10.6 Å². The van der Waals surface area contributed by atoms with Crippen molar-refractivity contribution in [3.63, 3.8) is 0 Å². The Morgan fingerprint density at radius 2 is 2.36 bits per heavy atom. The first-order valence-electron chi connectivity index (χ1n) is 3.73. The fourth-order valence-corrected chi connectivity index (χ4v) is 2.16. The van der Waals surface area contributed by atoms with E-state index in [1.165, 1.54) is 0 Å². The molecule has 11 heavy (non-hydrogen) atoms. The maximum Gasteiger partial charge on any atom is 0.240 e. The van der Waals surface area contributed by atoms with Crippen LogP contribution >= 0.6 is 11.8 Å². The van der Waals surface area contributed by atoms with Crippen molar-refractivity contribution in [1.82, 2.24) is 4.90 Å². The maximum absolute atomic E-state index is 11.3. The third kappa shape index (κ3) is 2.10. The summed E-state index contributed by atoms with van der Waals surface area (Å²) >= 11 is 1.77. The Kier molecular flexibility index (Phi) is 2.78. The number of hydrogen-bond donors (Lipinski definition) is 1. The topological polar surface area (TPSA) is 46.3 Å². The van der Waals surface area contributed by atoms with E-state index < -0.39 is 0 Å². The number of thioether (sulfide) groups is 1. The van der Waals surface area contributed by atoms with Gasteiger partial charge in [-0.25, -0.2) is 0 Å². The number of carbonyl (C=O) groups excluding carboxylic acids is 1. The summed E-state index contributed by atoms with van der Waals surface area (Å²) in [6, 6.07) is -0.296. The van der Waals surface area contributed by atoms with Crippen molar-refractivity contribution in [1.29, 1.82) is 0 Å². The summed E-state index contributed by atoms with van der Waals surface area (Å²) in [6.45, 7) is 2.93. The molecule has 64 valence electrons. The molecule has 0 aromatic heterocycles. The molecule has 0 aliphatic carbocycles. The minimum atomic E-state index is -0.296. The molecule has 3 nitrogen and oxygen atoms in total. The average molecular weight is 174 g/mol. The van der Waals surface area contributed by atoms with Gasteiger partial charge in [-0.15, -0.1) is 0 Å². The van der Waals surface area contributed by atoms with Crippen LogP contribution in [0.2, 0.25) is 0 Å². The normalized spacial score (nSPS) is 33.7. The Bertz CT molecular complexity index is 163. The van der Waals surface area contributed by atoms with Crippen LogP contribution < -0.4 is 5.73 Å². The predicted molar refractivity (Wildman–Crippen MR) is 47.5 cm³/mol. The van der Waals surface area contributed by atoms with Crippen LogP contribution in [0.25, 0.3) is 0 Å². The molecule has 4 heteroatoms. The van der Waals surface area contributed by atoms with Crippen molar-refractivity contribution in [3.8, 4) is 0 Å². The van der Waals surface area contributed by atoms with Crippen LogP contribution in [0.4, 0.5) is 0 Å². The second kappa shape index (κ2) is 3.45. The molecule has 1 rings (SSSR count). The van der Waals surface area contributed by atoms with Gasteiger partial charge in [0, 0.05) is 24.6 Å². The molecule has 1 heterocycles. The SMILES string of the molecule is CC1CN(C)C(=O)C(N)CS1. The summed E-state index contributed by atoms with van der Waals surface area (Å²) in [5.41, 5.74) is 5.62. The lowest BCUT2D eigenvalue weighted by atomic mass is 10.3. The molecule has 2 N–H and O–H groups in total. The summed E-state index contributed by atoms with van der Waals surface area (Å²) in [6.07, 6.45) is 0. The van der Waals surface area contributed by atoms with Gasteiger partial charge in [-0.3, -0.25) is 4.79 Å². The van der Waals surface area contributed by atoms with Crippen molar-refractivity contribution in [2.75, 3.05) is 19.3 Å². The standard InChI is InChI=1S/C7H14N2OS/c1-5-3-9(2)7(10)6(8)4-11-5/h5-6H,3-4,8H2,1-2H3. The van der Waals surface area contributed by atoms with Crippen LogP contribution in [0, 0.1) is 0 Å². The smallest absolute Gasteiger partial charge is 0.240 e. The van der Waals surface area contributed by atoms with Crippen LogP contribution in [0.5, 0.6) is 0 Å². The van der Waals surface area contributed by atoms with Gasteiger partial charge in [0.05, 0.1) is 6.04 Å². The average Bonchev–Trinajstić information content (AvgIpc) is 2.05. The van der Waals surface area contributed by atoms with Gasteiger partial charge in [0.25, 0.3) is 0 Å². The molecular formula is C7H14N2OS. The highest BCUT2D eigenvalue weighted by molar-refractivity contribution is 8.00. The number of carbonyl (C=O) groups is 1. The van der Waals surface area contributed by atoms with Crippen LogP contribution in [0.15, 0.2) is 0 Å². The summed E-state index contributed by atoms with van der Waals surface area (Å²) in [7, 11) is 1.81. The number of nitrogens with two attached hydrogens (primary N) is 1. The van der Waals surface area contributed by atoms with E-state index in [0.29, 0.717) is 5.25 Å². The van der Waals surface area contributed by atoms with Gasteiger partial charge >= 0.3 is 0 Å². The molecule has 2 unspecified atom stereocenters. The zero-order valence-corrected chi connectivity index (χ0v) is 7.73. The van der Waals surface area contributed by atoms with E-state index in [0.717, 1.165) is 12.3 Å². The predicted octanol–water partition coefficient (Wildman–Crippen LogP) is -0.0926. The molecule has 0 spiro atoms. The molecule has 1 fully saturated rings. The minimum Gasteiger partial charge on any atom is -0.343 e. The Morgan fingerprint density at radius 3 is 3.00 bits per heavy atom. The van der Waals surface area contributed by atoms with Crippen LogP contribution in [-0.2, 0) is 4.79 Å². The summed E-state index contributed by atoms with van der Waals surface area (Å²) in [5, 5.41) is 0.512. The zero-order valence-electron chi connectivity index (χ0n) is 6.91. The Balaban J connectivity index is 2.61. The number of hydrogen-bond acceptors (Lipinski definition) is 3. The molecule has 2 atom stereocenters. The molecule has 1 saturated heterocycles.